The zero-order chi connectivity index (χ0) is 17.0. The maximum atomic E-state index is 13.0. The van der Waals surface area contributed by atoms with Gasteiger partial charge in [-0.15, -0.1) is 0 Å². The summed E-state index contributed by atoms with van der Waals surface area (Å²) in [6.07, 6.45) is 8.87. The average Bonchev–Trinajstić information content (AvgIpc) is 2.60. The Morgan fingerprint density at radius 3 is 1.86 bits per heavy atom. The van der Waals surface area contributed by atoms with Gasteiger partial charge in [0.25, 0.3) is 0 Å². The Hall–Kier alpha value is -0.530. The van der Waals surface area contributed by atoms with E-state index in [0.29, 0.717) is 0 Å². The van der Waals surface area contributed by atoms with Crippen LogP contribution in [0.5, 0.6) is 0 Å². The average molecular weight is 311 g/mol. The van der Waals surface area contributed by atoms with Gasteiger partial charge in [-0.3, -0.25) is 4.79 Å². The van der Waals surface area contributed by atoms with Gasteiger partial charge in [-0.25, -0.2) is 0 Å². The smallest absolute Gasteiger partial charge is 0.310 e. The first-order chi connectivity index (χ1) is 9.99. The third-order valence-corrected chi connectivity index (χ3v) is 5.12. The van der Waals surface area contributed by atoms with Crippen LogP contribution in [0.4, 0.5) is 0 Å². The minimum atomic E-state index is -0.199. The number of rotatable bonds is 4. The quantitative estimate of drug-likeness (QED) is 0.461. The van der Waals surface area contributed by atoms with Crippen molar-refractivity contribution < 1.29 is 9.53 Å². The van der Waals surface area contributed by atoms with Gasteiger partial charge in [0.05, 0.1) is 5.92 Å². The Bertz CT molecular complexity index is 349. The first-order valence-corrected chi connectivity index (χ1v) is 9.22. The minimum Gasteiger partial charge on any atom is -0.459 e. The van der Waals surface area contributed by atoms with Crippen molar-refractivity contribution in [1.82, 2.24) is 0 Å². The summed E-state index contributed by atoms with van der Waals surface area (Å²) < 4.78 is 6.20. The van der Waals surface area contributed by atoms with Crippen molar-refractivity contribution in [1.29, 1.82) is 0 Å². The van der Waals surface area contributed by atoms with Gasteiger partial charge in [-0.1, -0.05) is 61.3 Å². The van der Waals surface area contributed by atoms with E-state index in [2.05, 4.69) is 48.5 Å². The molecule has 1 aliphatic carbocycles. The Balaban J connectivity index is 2.88. The summed E-state index contributed by atoms with van der Waals surface area (Å²) in [5, 5.41) is 0. The van der Waals surface area contributed by atoms with E-state index in [-0.39, 0.29) is 28.3 Å². The highest BCUT2D eigenvalue weighted by Crippen LogP contribution is 2.40. The summed E-state index contributed by atoms with van der Waals surface area (Å²) in [6.45, 7) is 15.3. The fraction of sp³-hybridized carbons (Fsp3) is 0.950. The van der Waals surface area contributed by atoms with Crippen LogP contribution >= 0.6 is 0 Å². The van der Waals surface area contributed by atoms with Gasteiger partial charge < -0.3 is 4.74 Å². The molecule has 0 aromatic rings. The molecule has 1 fully saturated rings. The molecule has 0 bridgehead atoms. The number of hydrogen-bond acceptors (Lipinski definition) is 2. The van der Waals surface area contributed by atoms with E-state index in [1.54, 1.807) is 0 Å². The van der Waals surface area contributed by atoms with Gasteiger partial charge in [0.15, 0.2) is 0 Å². The lowest BCUT2D eigenvalue weighted by Gasteiger charge is -2.38. The second-order valence-electron chi connectivity index (χ2n) is 9.56. The van der Waals surface area contributed by atoms with E-state index in [4.69, 9.17) is 4.74 Å². The number of carbonyl (C=O) groups excluding carboxylic acids is 1. The molecule has 1 atom stereocenters. The number of esters is 1. The molecule has 0 N–H and O–H groups in total. The molecule has 0 heterocycles. The molecule has 130 valence electrons. The summed E-state index contributed by atoms with van der Waals surface area (Å²) in [6, 6.07) is 0. The molecule has 0 aromatic heterocycles. The normalized spacial score (nSPS) is 21.0. The second kappa shape index (κ2) is 7.36. The molecule has 1 aliphatic rings. The molecule has 22 heavy (non-hydrogen) atoms. The van der Waals surface area contributed by atoms with Crippen molar-refractivity contribution in [2.75, 3.05) is 0 Å². The van der Waals surface area contributed by atoms with Gasteiger partial charge >= 0.3 is 5.97 Å². The van der Waals surface area contributed by atoms with E-state index < -0.39 is 0 Å². The molecule has 0 radical (unpaired) electrons. The van der Waals surface area contributed by atoms with Crippen LogP contribution in [-0.4, -0.2) is 11.6 Å². The Kier molecular flexibility index (Phi) is 6.53. The third-order valence-electron chi connectivity index (χ3n) is 5.12. The predicted molar refractivity (Wildman–Crippen MR) is 93.8 cm³/mol. The lowest BCUT2D eigenvalue weighted by molar-refractivity contribution is -0.172. The van der Waals surface area contributed by atoms with Crippen molar-refractivity contribution in [2.45, 2.75) is 105 Å². The molecule has 1 rings (SSSR count). The highest BCUT2D eigenvalue weighted by atomic mass is 16.6. The molecule has 0 amide bonds. The first-order valence-electron chi connectivity index (χ1n) is 9.22. The lowest BCUT2D eigenvalue weighted by Crippen LogP contribution is -2.41. The number of ether oxygens (including phenoxy) is 1. The zero-order valence-corrected chi connectivity index (χ0v) is 16.1. The fourth-order valence-corrected chi connectivity index (χ4v) is 3.54. The zero-order valence-electron chi connectivity index (χ0n) is 16.1. The minimum absolute atomic E-state index is 0.0285. The van der Waals surface area contributed by atoms with Crippen LogP contribution in [-0.2, 0) is 9.53 Å². The molecule has 2 heteroatoms. The summed E-state index contributed by atoms with van der Waals surface area (Å²) in [5.41, 5.74) is -0.112. The van der Waals surface area contributed by atoms with Crippen LogP contribution < -0.4 is 0 Å². The summed E-state index contributed by atoms with van der Waals surface area (Å²) in [5.74, 6) is 0.00496. The molecule has 0 saturated heterocycles. The monoisotopic (exact) mass is 310 g/mol. The maximum absolute atomic E-state index is 13.0. The lowest BCUT2D eigenvalue weighted by atomic mass is 9.72. The number of hydrogen-bond donors (Lipinski definition) is 0. The van der Waals surface area contributed by atoms with Gasteiger partial charge in [-0.05, 0) is 49.4 Å². The topological polar surface area (TPSA) is 26.3 Å². The van der Waals surface area contributed by atoms with E-state index >= 15 is 0 Å². The first kappa shape index (κ1) is 19.5. The van der Waals surface area contributed by atoms with Gasteiger partial charge in [0, 0.05) is 0 Å². The van der Waals surface area contributed by atoms with E-state index in [1.807, 2.05) is 0 Å². The van der Waals surface area contributed by atoms with Crippen LogP contribution in [0.25, 0.3) is 0 Å². The highest BCUT2D eigenvalue weighted by molar-refractivity contribution is 5.74. The van der Waals surface area contributed by atoms with E-state index in [1.165, 1.54) is 25.7 Å². The number of carbonyl (C=O) groups is 1. The molecular weight excluding hydrogens is 272 g/mol. The maximum Gasteiger partial charge on any atom is 0.310 e. The van der Waals surface area contributed by atoms with Crippen LogP contribution in [0, 0.1) is 16.7 Å². The van der Waals surface area contributed by atoms with Gasteiger partial charge in [0.1, 0.15) is 5.60 Å². The van der Waals surface area contributed by atoms with Gasteiger partial charge in [0.2, 0.25) is 0 Å². The highest BCUT2D eigenvalue weighted by Gasteiger charge is 2.40. The van der Waals surface area contributed by atoms with Crippen LogP contribution in [0.1, 0.15) is 99.8 Å². The molecule has 1 unspecified atom stereocenters. The molecule has 1 saturated carbocycles. The van der Waals surface area contributed by atoms with Crippen molar-refractivity contribution in [3.05, 3.63) is 0 Å². The van der Waals surface area contributed by atoms with Crippen molar-refractivity contribution >= 4 is 5.97 Å². The van der Waals surface area contributed by atoms with Crippen molar-refractivity contribution in [2.24, 2.45) is 16.7 Å². The van der Waals surface area contributed by atoms with Crippen LogP contribution in [0.15, 0.2) is 0 Å². The Morgan fingerprint density at radius 2 is 1.50 bits per heavy atom. The second-order valence-corrected chi connectivity index (χ2v) is 9.56. The third kappa shape index (κ3) is 5.93. The van der Waals surface area contributed by atoms with E-state index in [9.17, 15) is 4.79 Å². The molecule has 0 spiro atoms. The predicted octanol–water partition coefficient (Wildman–Crippen LogP) is 6.13. The Labute approximate surface area is 138 Å². The molecular formula is C20H38O2. The van der Waals surface area contributed by atoms with Crippen LogP contribution in [0.3, 0.4) is 0 Å². The summed E-state index contributed by atoms with van der Waals surface area (Å²) in [7, 11) is 0. The standard InChI is InChI=1S/C20H38O2/c1-8-20(13-11-9-10-12-14-20)22-17(21)16(19(5,6)7)15-18(2,3)4/h16H,8-15H2,1-7H3. The van der Waals surface area contributed by atoms with Gasteiger partial charge in [-0.2, -0.15) is 0 Å². The SMILES string of the molecule is CCC1(OC(=O)C(CC(C)(C)C)C(C)(C)C)CCCCCC1. The molecule has 0 aromatic carbocycles. The molecule has 0 aliphatic heterocycles. The summed E-state index contributed by atoms with van der Waals surface area (Å²) in [4.78, 5) is 13.0. The van der Waals surface area contributed by atoms with E-state index in [0.717, 1.165) is 25.7 Å². The molecule has 2 nitrogen and oxygen atoms in total. The largest absolute Gasteiger partial charge is 0.459 e. The van der Waals surface area contributed by atoms with Crippen LogP contribution in [0.2, 0.25) is 0 Å². The fourth-order valence-electron chi connectivity index (χ4n) is 3.54. The summed E-state index contributed by atoms with van der Waals surface area (Å²) >= 11 is 0. The van der Waals surface area contributed by atoms with Crippen molar-refractivity contribution in [3.8, 4) is 0 Å². The van der Waals surface area contributed by atoms with Crippen molar-refractivity contribution in [3.63, 3.8) is 0 Å². The Morgan fingerprint density at radius 1 is 1.00 bits per heavy atom.